The van der Waals surface area contributed by atoms with E-state index in [1.165, 1.54) is 12.1 Å². The fraction of sp³-hybridized carbons (Fsp3) is 0.0952. The van der Waals surface area contributed by atoms with Crippen LogP contribution in [0.15, 0.2) is 71.6 Å². The Kier molecular flexibility index (Phi) is 5.37. The van der Waals surface area contributed by atoms with Crippen molar-refractivity contribution in [3.63, 3.8) is 0 Å². The molecule has 1 atom stereocenters. The summed E-state index contributed by atoms with van der Waals surface area (Å²) in [6, 6.07) is 18.8. The van der Waals surface area contributed by atoms with Crippen LogP contribution in [-0.4, -0.2) is 31.8 Å². The summed E-state index contributed by atoms with van der Waals surface area (Å²) in [7, 11) is -4.01. The highest BCUT2D eigenvalue weighted by Gasteiger charge is 2.27. The van der Waals surface area contributed by atoms with Gasteiger partial charge < -0.3 is 0 Å². The second-order valence-corrected chi connectivity index (χ2v) is 9.88. The normalized spacial score (nSPS) is 12.8. The van der Waals surface area contributed by atoms with Crippen LogP contribution in [0.4, 0.5) is 0 Å². The summed E-state index contributed by atoms with van der Waals surface area (Å²) in [6.07, 6.45) is 0.284. The summed E-state index contributed by atoms with van der Waals surface area (Å²) in [5.41, 5.74) is 4.41. The average molecular weight is 482 g/mol. The molecule has 0 aliphatic rings. The molecule has 0 aliphatic heterocycles. The van der Waals surface area contributed by atoms with Crippen molar-refractivity contribution in [2.45, 2.75) is 17.2 Å². The Morgan fingerprint density at radius 3 is 2.16 bits per heavy atom. The first-order valence-corrected chi connectivity index (χ1v) is 12.5. The summed E-state index contributed by atoms with van der Waals surface area (Å²) in [5, 5.41) is 0. The second kappa shape index (κ2) is 8.34. The van der Waals surface area contributed by atoms with Gasteiger partial charge >= 0.3 is 0 Å². The van der Waals surface area contributed by atoms with Crippen molar-refractivity contribution in [3.05, 3.63) is 77.9 Å². The molecule has 0 aliphatic carbocycles. The number of benzene rings is 3. The topological polar surface area (TPSA) is 115 Å². The van der Waals surface area contributed by atoms with Crippen molar-refractivity contribution in [1.29, 1.82) is 0 Å². The van der Waals surface area contributed by atoms with E-state index in [1.807, 2.05) is 18.2 Å². The van der Waals surface area contributed by atoms with Crippen LogP contribution < -0.4 is 4.72 Å². The molecular weight excluding hydrogens is 466 g/mol. The lowest BCUT2D eigenvalue weighted by atomic mass is 9.91. The van der Waals surface area contributed by atoms with Gasteiger partial charge in [-0.25, -0.2) is 13.1 Å². The molecule has 32 heavy (non-hydrogen) atoms. The lowest BCUT2D eigenvalue weighted by molar-refractivity contribution is -0.120. The first-order chi connectivity index (χ1) is 15.5. The fourth-order valence-electron chi connectivity index (χ4n) is 3.43. The van der Waals surface area contributed by atoms with E-state index in [0.29, 0.717) is 11.1 Å². The minimum absolute atomic E-state index is 0.0289. The molecule has 11 heteroatoms. The zero-order valence-corrected chi connectivity index (χ0v) is 18.8. The first-order valence-electron chi connectivity index (χ1n) is 9.55. The van der Waals surface area contributed by atoms with E-state index in [9.17, 15) is 13.2 Å². The Balaban J connectivity index is 1.51. The number of carbonyl (C=O) groups excluding carboxylic acids is 1. The molecule has 8 nitrogen and oxygen atoms in total. The SMILES string of the molecule is O=C(NS(=O)(=O)c1ccccc1)C(Cc1ccc2nsnc2c1)c1ccc2nsnc2c1. The number of nitrogens with zero attached hydrogens (tertiary/aromatic N) is 4. The van der Waals surface area contributed by atoms with Crippen LogP contribution in [0.25, 0.3) is 22.1 Å². The molecule has 2 heterocycles. The minimum Gasteiger partial charge on any atom is -0.273 e. The Labute approximate surface area is 191 Å². The molecule has 1 amide bonds. The number of nitrogens with one attached hydrogen (secondary N) is 1. The Morgan fingerprint density at radius 2 is 1.44 bits per heavy atom. The quantitative estimate of drug-likeness (QED) is 0.394. The number of hydrogen-bond donors (Lipinski definition) is 1. The number of sulfonamides is 1. The largest absolute Gasteiger partial charge is 0.273 e. The van der Waals surface area contributed by atoms with E-state index in [1.54, 1.807) is 36.4 Å². The molecule has 0 saturated heterocycles. The molecule has 1 unspecified atom stereocenters. The van der Waals surface area contributed by atoms with Crippen LogP contribution in [-0.2, 0) is 21.2 Å². The molecule has 3 aromatic carbocycles. The summed E-state index contributed by atoms with van der Waals surface area (Å²) in [6.45, 7) is 0. The van der Waals surface area contributed by atoms with Crippen molar-refractivity contribution >= 4 is 61.5 Å². The van der Waals surface area contributed by atoms with Gasteiger partial charge in [0.25, 0.3) is 10.0 Å². The van der Waals surface area contributed by atoms with Gasteiger partial charge in [-0.15, -0.1) is 0 Å². The highest BCUT2D eigenvalue weighted by atomic mass is 32.2. The zero-order chi connectivity index (χ0) is 22.1. The Bertz CT molecular complexity index is 1530. The molecule has 0 saturated carbocycles. The predicted octanol–water partition coefficient (Wildman–Crippen LogP) is 3.53. The maximum atomic E-state index is 13.3. The molecule has 0 fully saturated rings. The minimum atomic E-state index is -4.01. The van der Waals surface area contributed by atoms with Crippen LogP contribution in [0.2, 0.25) is 0 Å². The van der Waals surface area contributed by atoms with E-state index >= 15 is 0 Å². The Morgan fingerprint density at radius 1 is 0.812 bits per heavy atom. The van der Waals surface area contributed by atoms with Gasteiger partial charge in [-0.1, -0.05) is 30.3 Å². The van der Waals surface area contributed by atoms with E-state index in [2.05, 4.69) is 22.2 Å². The van der Waals surface area contributed by atoms with Crippen LogP contribution in [0.5, 0.6) is 0 Å². The highest BCUT2D eigenvalue weighted by Crippen LogP contribution is 2.27. The maximum absolute atomic E-state index is 13.3. The van der Waals surface area contributed by atoms with Gasteiger partial charge in [0, 0.05) is 0 Å². The number of hydrogen-bond acceptors (Lipinski definition) is 9. The molecular formula is C21H15N5O3S3. The molecule has 0 radical (unpaired) electrons. The molecule has 160 valence electrons. The van der Waals surface area contributed by atoms with Crippen LogP contribution in [0.1, 0.15) is 17.0 Å². The van der Waals surface area contributed by atoms with Gasteiger partial charge in [0.05, 0.1) is 34.3 Å². The van der Waals surface area contributed by atoms with Crippen molar-refractivity contribution in [2.24, 2.45) is 0 Å². The number of fused-ring (bicyclic) bond motifs is 2. The lowest BCUT2D eigenvalue weighted by Gasteiger charge is -2.18. The average Bonchev–Trinajstić information content (AvgIpc) is 3.46. The monoisotopic (exact) mass is 481 g/mol. The number of carbonyl (C=O) groups is 1. The van der Waals surface area contributed by atoms with Crippen molar-refractivity contribution in [3.8, 4) is 0 Å². The lowest BCUT2D eigenvalue weighted by Crippen LogP contribution is -2.35. The zero-order valence-electron chi connectivity index (χ0n) is 16.4. The van der Waals surface area contributed by atoms with Crippen LogP contribution in [0.3, 0.4) is 0 Å². The third kappa shape index (κ3) is 4.09. The molecule has 5 aromatic rings. The third-order valence-corrected chi connectivity index (χ3v) is 7.52. The molecule has 1 N–H and O–H groups in total. The van der Waals surface area contributed by atoms with Crippen LogP contribution >= 0.6 is 23.5 Å². The van der Waals surface area contributed by atoms with Gasteiger partial charge in [0.2, 0.25) is 5.91 Å². The van der Waals surface area contributed by atoms with Gasteiger partial charge in [0.1, 0.15) is 22.1 Å². The first kappa shape index (κ1) is 20.6. The van der Waals surface area contributed by atoms with E-state index in [0.717, 1.165) is 45.6 Å². The van der Waals surface area contributed by atoms with E-state index < -0.39 is 21.8 Å². The van der Waals surface area contributed by atoms with Gasteiger partial charge in [-0.2, -0.15) is 17.5 Å². The van der Waals surface area contributed by atoms with E-state index in [4.69, 9.17) is 0 Å². The number of amides is 1. The smallest absolute Gasteiger partial charge is 0.264 e. The molecule has 0 spiro atoms. The standard InChI is InChI=1S/C21H15N5O3S3/c27-21(26-32(28,29)15-4-2-1-3-5-15)16(14-7-9-18-20(12-14)25-31-23-18)10-13-6-8-17-19(11-13)24-30-22-17/h1-9,11-12,16H,10H2,(H,26,27). The fourth-order valence-corrected chi connectivity index (χ4v) is 5.51. The summed E-state index contributed by atoms with van der Waals surface area (Å²) >= 11 is 2.20. The molecule has 5 rings (SSSR count). The van der Waals surface area contributed by atoms with Crippen molar-refractivity contribution < 1.29 is 13.2 Å². The van der Waals surface area contributed by atoms with Gasteiger partial charge in [-0.3, -0.25) is 4.79 Å². The number of rotatable bonds is 6. The van der Waals surface area contributed by atoms with Crippen molar-refractivity contribution in [2.75, 3.05) is 0 Å². The Hall–Kier alpha value is -3.28. The summed E-state index contributed by atoms with van der Waals surface area (Å²) in [4.78, 5) is 13.3. The summed E-state index contributed by atoms with van der Waals surface area (Å²) < 4.78 is 44.7. The predicted molar refractivity (Wildman–Crippen MR) is 123 cm³/mol. The van der Waals surface area contributed by atoms with Crippen molar-refractivity contribution in [1.82, 2.24) is 22.2 Å². The van der Waals surface area contributed by atoms with Gasteiger partial charge in [-0.05, 0) is 53.9 Å². The highest BCUT2D eigenvalue weighted by molar-refractivity contribution is 7.90. The van der Waals surface area contributed by atoms with Crippen LogP contribution in [0, 0.1) is 0 Å². The van der Waals surface area contributed by atoms with E-state index in [-0.39, 0.29) is 11.3 Å². The molecule has 2 aromatic heterocycles. The molecule has 0 bridgehead atoms. The second-order valence-electron chi connectivity index (χ2n) is 7.14. The third-order valence-electron chi connectivity index (χ3n) is 5.04. The number of aromatic nitrogens is 4. The maximum Gasteiger partial charge on any atom is 0.264 e. The summed E-state index contributed by atoms with van der Waals surface area (Å²) in [5.74, 6) is -1.38. The van der Waals surface area contributed by atoms with Gasteiger partial charge in [0.15, 0.2) is 0 Å².